The van der Waals surface area contributed by atoms with E-state index in [0.29, 0.717) is 25.6 Å². The van der Waals surface area contributed by atoms with Crippen molar-refractivity contribution < 1.29 is 13.9 Å². The average molecular weight is 351 g/mol. The maximum Gasteiger partial charge on any atom is 0.191 e. The Balaban J connectivity index is 1.84. The molecule has 25 heavy (non-hydrogen) atoms. The third kappa shape index (κ3) is 6.20. The summed E-state index contributed by atoms with van der Waals surface area (Å²) in [7, 11) is 1.76. The molecular weight excluding hydrogens is 321 g/mol. The van der Waals surface area contributed by atoms with Crippen LogP contribution in [0.2, 0.25) is 0 Å². The second-order valence-corrected chi connectivity index (χ2v) is 6.45. The number of nitrogens with zero attached hydrogens (tertiary/aromatic N) is 1. The maximum absolute atomic E-state index is 13.8. The van der Waals surface area contributed by atoms with Gasteiger partial charge in [0.1, 0.15) is 11.6 Å². The second kappa shape index (κ2) is 10.2. The van der Waals surface area contributed by atoms with Crippen LogP contribution in [0.1, 0.15) is 50.7 Å². The minimum Gasteiger partial charge on any atom is -0.467 e. The Bertz CT molecular complexity index is 578. The molecule has 1 atom stereocenters. The fourth-order valence-corrected chi connectivity index (χ4v) is 2.96. The van der Waals surface area contributed by atoms with E-state index in [-0.39, 0.29) is 12.6 Å². The van der Waals surface area contributed by atoms with Gasteiger partial charge in [-0.1, -0.05) is 26.2 Å². The molecule has 1 aromatic carbocycles. The maximum atomic E-state index is 13.8. The van der Waals surface area contributed by atoms with Crippen molar-refractivity contribution in [2.24, 2.45) is 4.99 Å². The number of benzene rings is 1. The number of rotatable bonds is 8. The van der Waals surface area contributed by atoms with Gasteiger partial charge >= 0.3 is 0 Å². The summed E-state index contributed by atoms with van der Waals surface area (Å²) in [6.07, 6.45) is 5.48. The van der Waals surface area contributed by atoms with Gasteiger partial charge in [-0.25, -0.2) is 4.39 Å². The van der Waals surface area contributed by atoms with Crippen molar-refractivity contribution >= 4 is 5.96 Å². The number of hydrogen-bond donors (Lipinski definition) is 2. The highest BCUT2D eigenvalue weighted by Crippen LogP contribution is 2.29. The van der Waals surface area contributed by atoms with Gasteiger partial charge in [-0.15, -0.1) is 0 Å². The van der Waals surface area contributed by atoms with Crippen LogP contribution in [-0.2, 0) is 17.8 Å². The fraction of sp³-hybridized carbons (Fsp3) is 0.632. The van der Waals surface area contributed by atoms with E-state index in [2.05, 4.69) is 29.5 Å². The van der Waals surface area contributed by atoms with E-state index >= 15 is 0 Å². The van der Waals surface area contributed by atoms with E-state index < -0.39 is 0 Å². The zero-order valence-corrected chi connectivity index (χ0v) is 15.5. The molecular formula is C19H30FN3O2. The first-order valence-electron chi connectivity index (χ1n) is 9.13. The van der Waals surface area contributed by atoms with E-state index in [4.69, 9.17) is 9.47 Å². The third-order valence-electron chi connectivity index (χ3n) is 4.29. The summed E-state index contributed by atoms with van der Waals surface area (Å²) >= 11 is 0. The number of nitrogens with one attached hydrogen (secondary N) is 2. The van der Waals surface area contributed by atoms with Gasteiger partial charge in [0.15, 0.2) is 12.8 Å². The van der Waals surface area contributed by atoms with E-state index in [1.165, 1.54) is 31.4 Å². The zero-order chi connectivity index (χ0) is 18.1. The number of halogens is 1. The molecule has 2 rings (SSSR count). The molecule has 1 aliphatic heterocycles. The summed E-state index contributed by atoms with van der Waals surface area (Å²) in [6, 6.07) is 3.39. The monoisotopic (exact) mass is 351 g/mol. The van der Waals surface area contributed by atoms with Crippen molar-refractivity contribution in [3.8, 4) is 5.75 Å². The predicted molar refractivity (Wildman–Crippen MR) is 98.5 cm³/mol. The lowest BCUT2D eigenvalue weighted by Gasteiger charge is -2.21. The van der Waals surface area contributed by atoms with Gasteiger partial charge in [0.05, 0.1) is 6.61 Å². The van der Waals surface area contributed by atoms with Gasteiger partial charge in [0.2, 0.25) is 0 Å². The molecule has 0 saturated heterocycles. The van der Waals surface area contributed by atoms with Gasteiger partial charge in [-0.3, -0.25) is 4.99 Å². The Kier molecular flexibility index (Phi) is 7.98. The number of hydrogen-bond acceptors (Lipinski definition) is 3. The van der Waals surface area contributed by atoms with Crippen LogP contribution in [0.5, 0.6) is 5.75 Å². The first-order valence-corrected chi connectivity index (χ1v) is 9.13. The Morgan fingerprint density at radius 1 is 1.36 bits per heavy atom. The molecule has 1 unspecified atom stereocenters. The Morgan fingerprint density at radius 3 is 2.96 bits per heavy atom. The lowest BCUT2D eigenvalue weighted by Crippen LogP contribution is -2.42. The van der Waals surface area contributed by atoms with Crippen molar-refractivity contribution in [1.29, 1.82) is 0 Å². The van der Waals surface area contributed by atoms with E-state index in [9.17, 15) is 4.39 Å². The summed E-state index contributed by atoms with van der Waals surface area (Å²) < 4.78 is 24.5. The van der Waals surface area contributed by atoms with Gasteiger partial charge in [0.25, 0.3) is 0 Å². The molecule has 1 aromatic rings. The highest BCUT2D eigenvalue weighted by Gasteiger charge is 2.16. The molecule has 0 amide bonds. The van der Waals surface area contributed by atoms with Crippen molar-refractivity contribution in [2.75, 3.05) is 20.4 Å². The molecule has 0 saturated carbocycles. The van der Waals surface area contributed by atoms with Crippen LogP contribution in [-0.4, -0.2) is 32.4 Å². The largest absolute Gasteiger partial charge is 0.467 e. The summed E-state index contributed by atoms with van der Waals surface area (Å²) in [5.74, 6) is 1.28. The summed E-state index contributed by atoms with van der Waals surface area (Å²) in [5.41, 5.74) is 1.63. The number of aliphatic imine (C=N–C) groups is 1. The molecule has 0 aliphatic carbocycles. The topological polar surface area (TPSA) is 54.9 Å². The van der Waals surface area contributed by atoms with Crippen LogP contribution in [0, 0.1) is 5.82 Å². The van der Waals surface area contributed by atoms with E-state index in [1.54, 1.807) is 7.05 Å². The number of unbranched alkanes of at least 4 members (excludes halogenated alkanes) is 2. The predicted octanol–water partition coefficient (Wildman–Crippen LogP) is 3.37. The average Bonchev–Trinajstić information content (AvgIpc) is 2.60. The molecule has 140 valence electrons. The Morgan fingerprint density at radius 2 is 2.20 bits per heavy atom. The molecule has 6 heteroatoms. The SMILES string of the molecule is CCCCCC(C)NC(=NC)NCCc1cc(F)cc2c1OCOC2. The Hall–Kier alpha value is -1.82. The summed E-state index contributed by atoms with van der Waals surface area (Å²) in [5, 5.41) is 6.69. The first-order chi connectivity index (χ1) is 12.1. The van der Waals surface area contributed by atoms with Crippen molar-refractivity contribution in [2.45, 2.75) is 58.6 Å². The molecule has 5 nitrogen and oxygen atoms in total. The fourth-order valence-electron chi connectivity index (χ4n) is 2.96. The van der Waals surface area contributed by atoms with Crippen molar-refractivity contribution in [1.82, 2.24) is 10.6 Å². The van der Waals surface area contributed by atoms with Crippen LogP contribution in [0.4, 0.5) is 4.39 Å². The summed E-state index contributed by atoms with van der Waals surface area (Å²) in [6.45, 7) is 5.64. The van der Waals surface area contributed by atoms with Crippen molar-refractivity contribution in [3.63, 3.8) is 0 Å². The number of ether oxygens (including phenoxy) is 2. The minimum atomic E-state index is -0.255. The van der Waals surface area contributed by atoms with Crippen LogP contribution in [0.3, 0.4) is 0 Å². The van der Waals surface area contributed by atoms with Crippen LogP contribution >= 0.6 is 0 Å². The van der Waals surface area contributed by atoms with Crippen molar-refractivity contribution in [3.05, 3.63) is 29.1 Å². The minimum absolute atomic E-state index is 0.220. The number of fused-ring (bicyclic) bond motifs is 1. The van der Waals surface area contributed by atoms with Crippen LogP contribution in [0.15, 0.2) is 17.1 Å². The van der Waals surface area contributed by atoms with Gasteiger partial charge < -0.3 is 20.1 Å². The first kappa shape index (κ1) is 19.5. The Labute approximate surface area is 150 Å². The molecule has 0 radical (unpaired) electrons. The van der Waals surface area contributed by atoms with E-state index in [0.717, 1.165) is 29.3 Å². The van der Waals surface area contributed by atoms with E-state index in [1.807, 2.05) is 0 Å². The normalized spacial score (nSPS) is 15.3. The molecule has 1 heterocycles. The molecule has 0 spiro atoms. The van der Waals surface area contributed by atoms with Gasteiger partial charge in [-0.05, 0) is 37.5 Å². The van der Waals surface area contributed by atoms with Crippen LogP contribution < -0.4 is 15.4 Å². The lowest BCUT2D eigenvalue weighted by molar-refractivity contribution is -0.0172. The molecule has 1 aliphatic rings. The highest BCUT2D eigenvalue weighted by atomic mass is 19.1. The second-order valence-electron chi connectivity index (χ2n) is 6.45. The zero-order valence-electron chi connectivity index (χ0n) is 15.5. The van der Waals surface area contributed by atoms with Crippen LogP contribution in [0.25, 0.3) is 0 Å². The quantitative estimate of drug-likeness (QED) is 0.428. The third-order valence-corrected chi connectivity index (χ3v) is 4.29. The molecule has 0 fully saturated rings. The lowest BCUT2D eigenvalue weighted by atomic mass is 10.1. The smallest absolute Gasteiger partial charge is 0.191 e. The standard InChI is InChI=1S/C19H30FN3O2/c1-4-5-6-7-14(2)23-19(21-3)22-9-8-15-10-17(20)11-16-12-24-13-25-18(15)16/h10-11,14H,4-9,12-13H2,1-3H3,(H2,21,22,23). The van der Waals surface area contributed by atoms with Gasteiger partial charge in [0, 0.05) is 25.2 Å². The highest BCUT2D eigenvalue weighted by molar-refractivity contribution is 5.79. The van der Waals surface area contributed by atoms with Gasteiger partial charge in [-0.2, -0.15) is 0 Å². The number of guanidine groups is 1. The summed E-state index contributed by atoms with van der Waals surface area (Å²) in [4.78, 5) is 4.26. The molecule has 2 N–H and O–H groups in total. The molecule has 0 aromatic heterocycles. The molecule has 0 bridgehead atoms.